The van der Waals surface area contributed by atoms with E-state index in [9.17, 15) is 8.78 Å². The third kappa shape index (κ3) is 1.88. The normalized spacial score (nSPS) is 11.3. The molecule has 2 heterocycles. The Morgan fingerprint density at radius 1 is 1.17 bits per heavy atom. The highest BCUT2D eigenvalue weighted by molar-refractivity contribution is 7.20. The Labute approximate surface area is 114 Å². The van der Waals surface area contributed by atoms with Crippen LogP contribution in [-0.2, 0) is 0 Å². The van der Waals surface area contributed by atoms with E-state index >= 15 is 0 Å². The van der Waals surface area contributed by atoms with Crippen LogP contribution in [0.25, 0.3) is 22.4 Å². The van der Waals surface area contributed by atoms with Crippen LogP contribution in [0.3, 0.4) is 0 Å². The van der Waals surface area contributed by atoms with E-state index < -0.39 is 11.6 Å². The fourth-order valence-corrected chi connectivity index (χ4v) is 3.14. The van der Waals surface area contributed by atoms with Crippen molar-refractivity contribution in [1.29, 1.82) is 0 Å². The number of fused-ring (bicyclic) bond motifs is 1. The first-order valence-corrected chi connectivity index (χ1v) is 6.42. The summed E-state index contributed by atoms with van der Waals surface area (Å²) in [5, 5.41) is 0. The van der Waals surface area contributed by atoms with Crippen molar-refractivity contribution in [1.82, 2.24) is 9.97 Å². The van der Waals surface area contributed by atoms with Crippen LogP contribution in [0.5, 0.6) is 0 Å². The third-order valence-electron chi connectivity index (χ3n) is 2.42. The molecule has 0 saturated carbocycles. The molecule has 2 aromatic heterocycles. The lowest BCUT2D eigenvalue weighted by Gasteiger charge is -1.90. The quantitative estimate of drug-likeness (QED) is 0.682. The minimum Gasteiger partial charge on any atom is -0.338 e. The summed E-state index contributed by atoms with van der Waals surface area (Å²) in [5.41, 5.74) is 0.924. The number of thiophene rings is 1. The number of hydrogen-bond acceptors (Lipinski definition) is 2. The second kappa shape index (κ2) is 4.19. The van der Waals surface area contributed by atoms with Gasteiger partial charge in [-0.15, -0.1) is 11.3 Å². The largest absolute Gasteiger partial charge is 0.338 e. The maximum absolute atomic E-state index is 13.5. The SMILES string of the molecule is Fc1cc(F)c2nc(-c3cc(Cl)sc3Cl)[nH]c2c1. The smallest absolute Gasteiger partial charge is 0.153 e. The minimum absolute atomic E-state index is 0.0739. The zero-order valence-electron chi connectivity index (χ0n) is 8.60. The first-order valence-electron chi connectivity index (χ1n) is 4.84. The zero-order valence-corrected chi connectivity index (χ0v) is 10.9. The van der Waals surface area contributed by atoms with Crippen molar-refractivity contribution in [3.05, 3.63) is 38.5 Å². The van der Waals surface area contributed by atoms with Gasteiger partial charge in [-0.05, 0) is 12.1 Å². The topological polar surface area (TPSA) is 28.7 Å². The van der Waals surface area contributed by atoms with E-state index in [1.807, 2.05) is 0 Å². The van der Waals surface area contributed by atoms with Gasteiger partial charge in [0.1, 0.15) is 21.5 Å². The Morgan fingerprint density at radius 2 is 1.94 bits per heavy atom. The molecule has 1 N–H and O–H groups in total. The number of benzene rings is 1. The van der Waals surface area contributed by atoms with Gasteiger partial charge in [0.15, 0.2) is 5.82 Å². The van der Waals surface area contributed by atoms with Crippen LogP contribution >= 0.6 is 34.5 Å². The summed E-state index contributed by atoms with van der Waals surface area (Å²) >= 11 is 13.0. The van der Waals surface area contributed by atoms with Gasteiger partial charge in [-0.2, -0.15) is 0 Å². The van der Waals surface area contributed by atoms with Gasteiger partial charge in [0.2, 0.25) is 0 Å². The number of aromatic nitrogens is 2. The molecule has 0 aliphatic carbocycles. The van der Waals surface area contributed by atoms with Crippen LogP contribution in [0, 0.1) is 11.6 Å². The summed E-state index contributed by atoms with van der Waals surface area (Å²) in [6.45, 7) is 0. The van der Waals surface area contributed by atoms with E-state index in [1.54, 1.807) is 6.07 Å². The lowest BCUT2D eigenvalue weighted by Crippen LogP contribution is -1.81. The van der Waals surface area contributed by atoms with Crippen molar-refractivity contribution in [2.24, 2.45) is 0 Å². The summed E-state index contributed by atoms with van der Waals surface area (Å²) in [5.74, 6) is -1.02. The van der Waals surface area contributed by atoms with Crippen LogP contribution < -0.4 is 0 Å². The van der Waals surface area contributed by atoms with Gasteiger partial charge >= 0.3 is 0 Å². The number of H-pyrrole nitrogens is 1. The van der Waals surface area contributed by atoms with Crippen LogP contribution in [-0.4, -0.2) is 9.97 Å². The van der Waals surface area contributed by atoms with E-state index in [2.05, 4.69) is 9.97 Å². The average Bonchev–Trinajstić information content (AvgIpc) is 2.81. The summed E-state index contributed by atoms with van der Waals surface area (Å²) < 4.78 is 27.5. The Kier molecular flexibility index (Phi) is 2.77. The number of nitrogens with one attached hydrogen (secondary N) is 1. The van der Waals surface area contributed by atoms with Crippen molar-refractivity contribution in [3.8, 4) is 11.4 Å². The molecule has 7 heteroatoms. The Balaban J connectivity index is 2.25. The summed E-state index contributed by atoms with van der Waals surface area (Å²) in [6, 6.07) is 3.59. The highest BCUT2D eigenvalue weighted by Crippen LogP contribution is 2.37. The Morgan fingerprint density at radius 3 is 2.61 bits per heavy atom. The van der Waals surface area contributed by atoms with E-state index in [0.717, 1.165) is 6.07 Å². The molecule has 3 aromatic rings. The molecule has 0 saturated heterocycles. The molecule has 0 aliphatic rings. The minimum atomic E-state index is -0.718. The molecule has 92 valence electrons. The average molecular weight is 305 g/mol. The van der Waals surface area contributed by atoms with Gasteiger partial charge in [0.25, 0.3) is 0 Å². The molecule has 0 unspecified atom stereocenters. The van der Waals surface area contributed by atoms with E-state index in [-0.39, 0.29) is 11.0 Å². The predicted molar refractivity (Wildman–Crippen MR) is 69.3 cm³/mol. The molecular weight excluding hydrogens is 301 g/mol. The summed E-state index contributed by atoms with van der Waals surface area (Å²) in [6.07, 6.45) is 0. The molecule has 0 amide bonds. The van der Waals surface area contributed by atoms with Gasteiger partial charge in [-0.3, -0.25) is 0 Å². The lowest BCUT2D eigenvalue weighted by molar-refractivity contribution is 0.591. The molecule has 3 rings (SSSR count). The highest BCUT2D eigenvalue weighted by Gasteiger charge is 2.15. The van der Waals surface area contributed by atoms with Crippen molar-refractivity contribution >= 4 is 45.6 Å². The maximum Gasteiger partial charge on any atom is 0.153 e. The van der Waals surface area contributed by atoms with Crippen LogP contribution in [0.2, 0.25) is 8.67 Å². The van der Waals surface area contributed by atoms with Gasteiger partial charge in [-0.1, -0.05) is 23.2 Å². The molecule has 0 fully saturated rings. The number of aromatic amines is 1. The second-order valence-electron chi connectivity index (χ2n) is 3.61. The van der Waals surface area contributed by atoms with Crippen molar-refractivity contribution < 1.29 is 8.78 Å². The molecule has 1 aromatic carbocycles. The summed E-state index contributed by atoms with van der Waals surface area (Å²) in [4.78, 5) is 6.88. The van der Waals surface area contributed by atoms with E-state index in [1.165, 1.54) is 17.4 Å². The molecule has 2 nitrogen and oxygen atoms in total. The van der Waals surface area contributed by atoms with Gasteiger partial charge in [0, 0.05) is 11.6 Å². The fraction of sp³-hybridized carbons (Fsp3) is 0. The fourth-order valence-electron chi connectivity index (χ4n) is 1.67. The maximum atomic E-state index is 13.5. The lowest BCUT2D eigenvalue weighted by atomic mass is 10.3. The standard InChI is InChI=1S/C11H4Cl2F2N2S/c12-8-3-5(10(13)18-8)11-16-7-2-4(14)1-6(15)9(7)17-11/h1-3H,(H,16,17). The number of hydrogen-bond donors (Lipinski definition) is 1. The first kappa shape index (κ1) is 11.9. The van der Waals surface area contributed by atoms with E-state index in [4.69, 9.17) is 23.2 Å². The van der Waals surface area contributed by atoms with Crippen molar-refractivity contribution in [2.75, 3.05) is 0 Å². The number of nitrogens with zero attached hydrogens (tertiary/aromatic N) is 1. The first-order chi connectivity index (χ1) is 8.54. The van der Waals surface area contributed by atoms with Gasteiger partial charge in [0.05, 0.1) is 9.85 Å². The molecule has 0 atom stereocenters. The molecule has 0 aliphatic heterocycles. The molecule has 0 bridgehead atoms. The van der Waals surface area contributed by atoms with Crippen LogP contribution in [0.15, 0.2) is 18.2 Å². The number of halogens is 4. The van der Waals surface area contributed by atoms with Gasteiger partial charge in [-0.25, -0.2) is 13.8 Å². The number of imidazole rings is 1. The Hall–Kier alpha value is -1.17. The Bertz CT molecular complexity index is 751. The third-order valence-corrected chi connectivity index (χ3v) is 3.90. The van der Waals surface area contributed by atoms with Crippen molar-refractivity contribution in [3.63, 3.8) is 0 Å². The highest BCUT2D eigenvalue weighted by atomic mass is 35.5. The predicted octanol–water partition coefficient (Wildman–Crippen LogP) is 4.88. The molecular formula is C11H4Cl2F2N2S. The molecule has 0 radical (unpaired) electrons. The molecule has 18 heavy (non-hydrogen) atoms. The van der Waals surface area contributed by atoms with Crippen LogP contribution in [0.4, 0.5) is 8.78 Å². The monoisotopic (exact) mass is 304 g/mol. The van der Waals surface area contributed by atoms with Crippen molar-refractivity contribution in [2.45, 2.75) is 0 Å². The van der Waals surface area contributed by atoms with E-state index in [0.29, 0.717) is 20.1 Å². The molecule has 0 spiro atoms. The second-order valence-corrected chi connectivity index (χ2v) is 5.89. The van der Waals surface area contributed by atoms with Crippen LogP contribution in [0.1, 0.15) is 0 Å². The zero-order chi connectivity index (χ0) is 12.9. The number of rotatable bonds is 1. The summed E-state index contributed by atoms with van der Waals surface area (Å²) in [7, 11) is 0. The van der Waals surface area contributed by atoms with Gasteiger partial charge < -0.3 is 4.98 Å².